The maximum atomic E-state index is 4.86. The number of para-hydroxylation sites is 1. The van der Waals surface area contributed by atoms with E-state index in [4.69, 9.17) is 4.99 Å². The lowest BCUT2D eigenvalue weighted by Gasteiger charge is -2.41. The second kappa shape index (κ2) is 4.70. The number of benzene rings is 1. The molecule has 1 saturated heterocycles. The summed E-state index contributed by atoms with van der Waals surface area (Å²) in [5, 5.41) is 0. The second-order valence-electron chi connectivity index (χ2n) is 6.66. The fraction of sp³-hybridized carbons (Fsp3) is 0.350. The highest BCUT2D eigenvalue weighted by Crippen LogP contribution is 2.53. The van der Waals surface area contributed by atoms with Crippen LogP contribution in [0.4, 0.5) is 5.69 Å². The van der Waals surface area contributed by atoms with Crippen molar-refractivity contribution in [3.05, 3.63) is 65.5 Å². The first-order chi connectivity index (χ1) is 10.6. The molecule has 0 bridgehead atoms. The summed E-state index contributed by atoms with van der Waals surface area (Å²) in [7, 11) is 0. The Morgan fingerprint density at radius 2 is 2.05 bits per heavy atom. The Morgan fingerprint density at radius 3 is 2.86 bits per heavy atom. The molecule has 3 aliphatic rings. The van der Waals surface area contributed by atoms with E-state index in [0.717, 1.165) is 18.7 Å². The van der Waals surface area contributed by atoms with Crippen LogP contribution in [0, 0.1) is 18.3 Å². The molecule has 22 heavy (non-hydrogen) atoms. The van der Waals surface area contributed by atoms with Crippen LogP contribution in [0.2, 0.25) is 0 Å². The molecule has 112 valence electrons. The molecule has 0 aromatic heterocycles. The molecule has 1 fully saturated rings. The van der Waals surface area contributed by atoms with Gasteiger partial charge in [0.1, 0.15) is 0 Å². The zero-order valence-corrected chi connectivity index (χ0v) is 13.5. The number of aryl methyl sites for hydroxylation is 1. The summed E-state index contributed by atoms with van der Waals surface area (Å²) >= 11 is 0. The van der Waals surface area contributed by atoms with E-state index >= 15 is 0 Å². The van der Waals surface area contributed by atoms with Gasteiger partial charge in [-0.3, -0.25) is 4.99 Å². The molecule has 2 heteroatoms. The monoisotopic (exact) mass is 290 g/mol. The van der Waals surface area contributed by atoms with Crippen LogP contribution in [0.5, 0.6) is 0 Å². The highest BCUT2D eigenvalue weighted by atomic mass is 15.2. The van der Waals surface area contributed by atoms with Crippen LogP contribution in [0.25, 0.3) is 0 Å². The van der Waals surface area contributed by atoms with Crippen molar-refractivity contribution in [1.29, 1.82) is 0 Å². The van der Waals surface area contributed by atoms with Gasteiger partial charge in [0, 0.05) is 23.6 Å². The van der Waals surface area contributed by atoms with Crippen LogP contribution in [0.3, 0.4) is 0 Å². The Labute approximate surface area is 132 Å². The maximum absolute atomic E-state index is 4.86. The minimum absolute atomic E-state index is 0.0660. The number of rotatable bonds is 1. The molecule has 0 radical (unpaired) electrons. The average molecular weight is 290 g/mol. The van der Waals surface area contributed by atoms with E-state index in [1.165, 1.54) is 22.7 Å². The molecular weight excluding hydrogens is 268 g/mol. The van der Waals surface area contributed by atoms with Gasteiger partial charge in [0.05, 0.1) is 11.1 Å². The number of hydrogen-bond acceptors (Lipinski definition) is 2. The SMILES string of the molecule is CC1=CC(C)C23CCN(c4ccccc4C)C2=CC=CC3=N1. The van der Waals surface area contributed by atoms with Crippen molar-refractivity contribution in [2.45, 2.75) is 27.2 Å². The molecule has 2 atom stereocenters. The van der Waals surface area contributed by atoms with Crippen LogP contribution < -0.4 is 4.90 Å². The van der Waals surface area contributed by atoms with E-state index in [9.17, 15) is 0 Å². The minimum Gasteiger partial charge on any atom is -0.344 e. The lowest BCUT2D eigenvalue weighted by molar-refractivity contribution is 0.397. The number of nitrogens with zero attached hydrogens (tertiary/aromatic N) is 2. The van der Waals surface area contributed by atoms with Crippen LogP contribution in [0.15, 0.2) is 65.0 Å². The lowest BCUT2D eigenvalue weighted by Crippen LogP contribution is -2.40. The normalized spacial score (nSPS) is 29.5. The number of anilines is 1. The lowest BCUT2D eigenvalue weighted by atomic mass is 9.66. The molecule has 0 saturated carbocycles. The van der Waals surface area contributed by atoms with Crippen LogP contribution in [-0.2, 0) is 0 Å². The van der Waals surface area contributed by atoms with Gasteiger partial charge < -0.3 is 4.90 Å². The Bertz CT molecular complexity index is 751. The predicted molar refractivity (Wildman–Crippen MR) is 93.2 cm³/mol. The third-order valence-electron chi connectivity index (χ3n) is 5.41. The molecule has 1 aromatic carbocycles. The van der Waals surface area contributed by atoms with Gasteiger partial charge in [0.15, 0.2) is 0 Å². The third kappa shape index (κ3) is 1.70. The van der Waals surface area contributed by atoms with Crippen molar-refractivity contribution in [3.8, 4) is 0 Å². The van der Waals surface area contributed by atoms with Crippen molar-refractivity contribution >= 4 is 11.4 Å². The van der Waals surface area contributed by atoms with Gasteiger partial charge in [0.25, 0.3) is 0 Å². The van der Waals surface area contributed by atoms with E-state index in [1.54, 1.807) is 0 Å². The van der Waals surface area contributed by atoms with Crippen molar-refractivity contribution in [3.63, 3.8) is 0 Å². The largest absolute Gasteiger partial charge is 0.344 e. The average Bonchev–Trinajstić information content (AvgIpc) is 2.88. The van der Waals surface area contributed by atoms with Crippen LogP contribution in [0.1, 0.15) is 25.8 Å². The second-order valence-corrected chi connectivity index (χ2v) is 6.66. The molecular formula is C20H22N2. The fourth-order valence-corrected chi connectivity index (χ4v) is 4.33. The van der Waals surface area contributed by atoms with Crippen molar-refractivity contribution in [2.24, 2.45) is 16.3 Å². The number of allylic oxidation sites excluding steroid dienone is 6. The number of aliphatic imine (C=N–C) groups is 1. The fourth-order valence-electron chi connectivity index (χ4n) is 4.33. The first kappa shape index (κ1) is 13.6. The summed E-state index contributed by atoms with van der Waals surface area (Å²) in [6, 6.07) is 8.68. The highest BCUT2D eigenvalue weighted by Gasteiger charge is 2.51. The topological polar surface area (TPSA) is 15.6 Å². The van der Waals surface area contributed by atoms with Crippen molar-refractivity contribution in [2.75, 3.05) is 11.4 Å². The molecule has 2 heterocycles. The van der Waals surface area contributed by atoms with Gasteiger partial charge >= 0.3 is 0 Å². The Hall–Kier alpha value is -2.09. The number of hydrogen-bond donors (Lipinski definition) is 0. The van der Waals surface area contributed by atoms with E-state index in [2.05, 4.69) is 74.2 Å². The smallest absolute Gasteiger partial charge is 0.0605 e. The van der Waals surface area contributed by atoms with Gasteiger partial charge in [-0.25, -0.2) is 0 Å². The summed E-state index contributed by atoms with van der Waals surface area (Å²) in [4.78, 5) is 7.36. The zero-order valence-electron chi connectivity index (χ0n) is 13.5. The molecule has 2 unspecified atom stereocenters. The Kier molecular flexibility index (Phi) is 2.90. The molecule has 2 nitrogen and oxygen atoms in total. The summed E-state index contributed by atoms with van der Waals surface area (Å²) in [5.41, 5.74) is 6.54. The molecule has 1 aliphatic carbocycles. The van der Waals surface area contributed by atoms with E-state index in [0.29, 0.717) is 5.92 Å². The van der Waals surface area contributed by atoms with E-state index in [1.807, 2.05) is 0 Å². The van der Waals surface area contributed by atoms with E-state index in [-0.39, 0.29) is 5.41 Å². The van der Waals surface area contributed by atoms with Crippen molar-refractivity contribution in [1.82, 2.24) is 0 Å². The zero-order chi connectivity index (χ0) is 15.3. The molecule has 1 spiro atoms. The van der Waals surface area contributed by atoms with Crippen molar-refractivity contribution < 1.29 is 0 Å². The molecule has 4 rings (SSSR count). The first-order valence-electron chi connectivity index (χ1n) is 8.12. The molecule has 0 N–H and O–H groups in total. The van der Waals surface area contributed by atoms with Gasteiger partial charge in [-0.1, -0.05) is 37.3 Å². The third-order valence-corrected chi connectivity index (χ3v) is 5.41. The molecule has 2 aliphatic heterocycles. The Balaban J connectivity index is 1.84. The standard InChI is InChI=1S/C20H22N2/c1-14-7-4-5-8-17(14)22-12-11-20-15(2)13-16(3)21-18(20)9-6-10-19(20)22/h4-10,13,15H,11-12H2,1-3H3. The van der Waals surface area contributed by atoms with Crippen LogP contribution in [-0.4, -0.2) is 12.3 Å². The molecule has 0 amide bonds. The summed E-state index contributed by atoms with van der Waals surface area (Å²) < 4.78 is 0. The minimum atomic E-state index is 0.0660. The van der Waals surface area contributed by atoms with Gasteiger partial charge in [-0.2, -0.15) is 0 Å². The van der Waals surface area contributed by atoms with Gasteiger partial charge in [-0.15, -0.1) is 0 Å². The first-order valence-corrected chi connectivity index (χ1v) is 8.12. The summed E-state index contributed by atoms with van der Waals surface area (Å²) in [6.45, 7) is 7.71. The van der Waals surface area contributed by atoms with Gasteiger partial charge in [0.2, 0.25) is 0 Å². The summed E-state index contributed by atoms with van der Waals surface area (Å²) in [5.74, 6) is 0.491. The Morgan fingerprint density at radius 1 is 1.23 bits per heavy atom. The summed E-state index contributed by atoms with van der Waals surface area (Å²) in [6.07, 6.45) is 10.1. The quantitative estimate of drug-likeness (QED) is 0.735. The molecule has 1 aromatic rings. The maximum Gasteiger partial charge on any atom is 0.0605 e. The highest BCUT2D eigenvalue weighted by molar-refractivity contribution is 6.06. The predicted octanol–water partition coefficient (Wildman–Crippen LogP) is 4.64. The van der Waals surface area contributed by atoms with Crippen LogP contribution >= 0.6 is 0 Å². The van der Waals surface area contributed by atoms with Gasteiger partial charge in [-0.05, 0) is 50.0 Å². The van der Waals surface area contributed by atoms with E-state index < -0.39 is 0 Å².